The Morgan fingerprint density at radius 3 is 2.24 bits per heavy atom. The molecule has 1 rings (SSSR count). The molecule has 0 saturated heterocycles. The molecule has 0 aliphatic carbocycles. The van der Waals surface area contributed by atoms with Crippen LogP contribution in [0.4, 0.5) is 0 Å². The average molecular weight is 249 g/mol. The molecule has 6 heteroatoms. The van der Waals surface area contributed by atoms with Crippen LogP contribution in [0.15, 0.2) is 34.5 Å². The van der Waals surface area contributed by atoms with Crippen LogP contribution in [0.25, 0.3) is 0 Å². The van der Waals surface area contributed by atoms with Crippen molar-refractivity contribution in [1.82, 2.24) is 10.4 Å². The van der Waals surface area contributed by atoms with Crippen LogP contribution in [-0.4, -0.2) is 36.6 Å². The lowest BCUT2D eigenvalue weighted by Crippen LogP contribution is -2.23. The maximum absolute atomic E-state index is 5.23. The predicted molar refractivity (Wildman–Crippen MR) is 75.2 cm³/mol. The Bertz CT molecular complexity index is 422. The topological polar surface area (TPSA) is 66.0 Å². The van der Waals surface area contributed by atoms with Crippen molar-refractivity contribution < 1.29 is 0 Å². The molecule has 1 aromatic rings. The molecule has 0 atom stereocenters. The Kier molecular flexibility index (Phi) is 5.09. The molecule has 0 bridgehead atoms. The largest absolute Gasteiger partial charge is 0.375 e. The lowest BCUT2D eigenvalue weighted by atomic mass is 10.2. The van der Waals surface area contributed by atoms with E-state index in [-0.39, 0.29) is 5.11 Å². The van der Waals surface area contributed by atoms with Crippen LogP contribution in [-0.2, 0) is 0 Å². The first kappa shape index (κ1) is 13.1. The summed E-state index contributed by atoms with van der Waals surface area (Å²) < 4.78 is 0. The van der Waals surface area contributed by atoms with Crippen LogP contribution in [0.1, 0.15) is 11.1 Å². The molecule has 17 heavy (non-hydrogen) atoms. The molecule has 0 saturated carbocycles. The molecule has 0 unspecified atom stereocenters. The van der Waals surface area contributed by atoms with Crippen molar-refractivity contribution in [3.8, 4) is 0 Å². The fourth-order valence-corrected chi connectivity index (χ4v) is 1.07. The van der Waals surface area contributed by atoms with Gasteiger partial charge >= 0.3 is 0 Å². The van der Waals surface area contributed by atoms with E-state index in [1.807, 2.05) is 38.4 Å². The Labute approximate surface area is 106 Å². The summed E-state index contributed by atoms with van der Waals surface area (Å²) in [6.45, 7) is 0. The lowest BCUT2D eigenvalue weighted by molar-refractivity contribution is 0.440. The van der Waals surface area contributed by atoms with Gasteiger partial charge in [0.15, 0.2) is 5.11 Å². The Morgan fingerprint density at radius 2 is 1.76 bits per heavy atom. The van der Waals surface area contributed by atoms with Gasteiger partial charge in [-0.2, -0.15) is 10.2 Å². The molecule has 0 aliphatic heterocycles. The smallest absolute Gasteiger partial charge is 0.184 e. The molecule has 0 heterocycles. The van der Waals surface area contributed by atoms with E-state index in [0.717, 1.165) is 11.1 Å². The molecule has 0 aromatic heterocycles. The van der Waals surface area contributed by atoms with Crippen LogP contribution >= 0.6 is 12.2 Å². The SMILES string of the molecule is CN(C)/N=C\c1ccc(/C=N/NC(N)=S)cc1. The van der Waals surface area contributed by atoms with Crippen molar-refractivity contribution >= 4 is 29.8 Å². The fourth-order valence-electron chi connectivity index (χ4n) is 1.02. The third-order valence-corrected chi connectivity index (χ3v) is 1.85. The van der Waals surface area contributed by atoms with Gasteiger partial charge in [-0.1, -0.05) is 24.3 Å². The standard InChI is InChI=1S/C11H15N5S/c1-16(2)14-8-10-5-3-9(4-6-10)7-13-15-11(12)17/h3-8H,1-2H3,(H3,12,15,17)/b13-7+,14-8-. The minimum absolute atomic E-state index is 0.149. The van der Waals surface area contributed by atoms with Gasteiger partial charge in [0.2, 0.25) is 0 Å². The van der Waals surface area contributed by atoms with Crippen molar-refractivity contribution in [3.63, 3.8) is 0 Å². The number of hydrogen-bond acceptors (Lipinski definition) is 4. The summed E-state index contributed by atoms with van der Waals surface area (Å²) in [6, 6.07) is 7.77. The number of nitrogens with zero attached hydrogens (tertiary/aromatic N) is 3. The molecule has 90 valence electrons. The molecule has 0 fully saturated rings. The van der Waals surface area contributed by atoms with Crippen molar-refractivity contribution in [2.24, 2.45) is 15.9 Å². The van der Waals surface area contributed by atoms with Crippen molar-refractivity contribution in [2.75, 3.05) is 14.1 Å². The van der Waals surface area contributed by atoms with E-state index in [1.54, 1.807) is 17.4 Å². The normalized spacial score (nSPS) is 10.9. The number of thiocarbonyl (C=S) groups is 1. The van der Waals surface area contributed by atoms with Gasteiger partial charge in [-0.15, -0.1) is 0 Å². The van der Waals surface area contributed by atoms with Gasteiger partial charge in [0.1, 0.15) is 0 Å². The highest BCUT2D eigenvalue weighted by Gasteiger charge is 1.90. The second kappa shape index (κ2) is 6.59. The van der Waals surface area contributed by atoms with Gasteiger partial charge < -0.3 is 10.7 Å². The first-order valence-corrected chi connectivity index (χ1v) is 5.38. The monoisotopic (exact) mass is 249 g/mol. The predicted octanol–water partition coefficient (Wildman–Crippen LogP) is 0.749. The number of hydrazone groups is 2. The van der Waals surface area contributed by atoms with Crippen LogP contribution in [0.5, 0.6) is 0 Å². The third kappa shape index (κ3) is 5.62. The second-order valence-electron chi connectivity index (χ2n) is 3.49. The molecule has 0 amide bonds. The average Bonchev–Trinajstić information content (AvgIpc) is 2.27. The maximum Gasteiger partial charge on any atom is 0.184 e. The van der Waals surface area contributed by atoms with E-state index in [9.17, 15) is 0 Å². The first-order chi connectivity index (χ1) is 8.08. The van der Waals surface area contributed by atoms with Crippen LogP contribution in [0.2, 0.25) is 0 Å². The molecule has 0 radical (unpaired) electrons. The minimum Gasteiger partial charge on any atom is -0.375 e. The summed E-state index contributed by atoms with van der Waals surface area (Å²) in [7, 11) is 3.75. The highest BCUT2D eigenvalue weighted by molar-refractivity contribution is 7.80. The second-order valence-corrected chi connectivity index (χ2v) is 3.93. The van der Waals surface area contributed by atoms with Crippen molar-refractivity contribution in [1.29, 1.82) is 0 Å². The summed E-state index contributed by atoms with van der Waals surface area (Å²) in [5, 5.41) is 9.89. The zero-order valence-corrected chi connectivity index (χ0v) is 10.6. The van der Waals surface area contributed by atoms with E-state index in [1.165, 1.54) is 0 Å². The van der Waals surface area contributed by atoms with Crippen LogP contribution in [0.3, 0.4) is 0 Å². The van der Waals surface area contributed by atoms with Crippen LogP contribution in [0, 0.1) is 0 Å². The zero-order valence-electron chi connectivity index (χ0n) is 9.79. The number of rotatable bonds is 4. The van der Waals surface area contributed by atoms with Crippen molar-refractivity contribution in [3.05, 3.63) is 35.4 Å². The molecular weight excluding hydrogens is 234 g/mol. The molecule has 0 aliphatic rings. The minimum atomic E-state index is 0.149. The fraction of sp³-hybridized carbons (Fsp3) is 0.182. The number of benzene rings is 1. The van der Waals surface area contributed by atoms with Gasteiger partial charge in [0.05, 0.1) is 12.4 Å². The van der Waals surface area contributed by atoms with Gasteiger partial charge in [-0.05, 0) is 23.3 Å². The number of nitrogens with two attached hydrogens (primary N) is 1. The zero-order chi connectivity index (χ0) is 12.7. The highest BCUT2D eigenvalue weighted by Crippen LogP contribution is 2.00. The third-order valence-electron chi connectivity index (χ3n) is 1.76. The molecule has 3 N–H and O–H groups in total. The number of hydrogen-bond donors (Lipinski definition) is 2. The van der Waals surface area contributed by atoms with E-state index in [0.29, 0.717) is 0 Å². The van der Waals surface area contributed by atoms with Gasteiger partial charge in [0, 0.05) is 14.1 Å². The summed E-state index contributed by atoms with van der Waals surface area (Å²) in [4.78, 5) is 0. The molecule has 1 aromatic carbocycles. The molecule has 5 nitrogen and oxygen atoms in total. The van der Waals surface area contributed by atoms with E-state index in [2.05, 4.69) is 27.8 Å². The van der Waals surface area contributed by atoms with Gasteiger partial charge in [-0.25, -0.2) is 0 Å². The molecular formula is C11H15N5S. The quantitative estimate of drug-likeness (QED) is 0.469. The van der Waals surface area contributed by atoms with E-state index < -0.39 is 0 Å². The highest BCUT2D eigenvalue weighted by atomic mass is 32.1. The van der Waals surface area contributed by atoms with Crippen molar-refractivity contribution in [2.45, 2.75) is 0 Å². The van der Waals surface area contributed by atoms with Crippen LogP contribution < -0.4 is 11.2 Å². The Morgan fingerprint density at radius 1 is 1.24 bits per heavy atom. The van der Waals surface area contributed by atoms with E-state index >= 15 is 0 Å². The number of nitrogens with one attached hydrogen (secondary N) is 1. The summed E-state index contributed by atoms with van der Waals surface area (Å²) >= 11 is 4.62. The summed E-state index contributed by atoms with van der Waals surface area (Å²) in [5.74, 6) is 0. The van der Waals surface area contributed by atoms with Gasteiger partial charge in [0.25, 0.3) is 0 Å². The summed E-state index contributed by atoms with van der Waals surface area (Å²) in [5.41, 5.74) is 9.71. The Balaban J connectivity index is 2.62. The molecule has 0 spiro atoms. The van der Waals surface area contributed by atoms with E-state index in [4.69, 9.17) is 5.73 Å². The lowest BCUT2D eigenvalue weighted by Gasteiger charge is -2.02. The van der Waals surface area contributed by atoms with Gasteiger partial charge in [-0.3, -0.25) is 5.43 Å². The Hall–Kier alpha value is -1.95. The summed E-state index contributed by atoms with van der Waals surface area (Å²) in [6.07, 6.45) is 3.43. The maximum atomic E-state index is 5.23. The first-order valence-electron chi connectivity index (χ1n) is 4.98.